The molecule has 0 spiro atoms. The maximum atomic E-state index is 9.07. The number of aliphatic hydroxyl groups is 1. The van der Waals surface area contributed by atoms with E-state index in [-0.39, 0.29) is 42.9 Å². The van der Waals surface area contributed by atoms with E-state index in [4.69, 9.17) is 23.7 Å². The number of rotatable bonds is 8. The van der Waals surface area contributed by atoms with E-state index >= 15 is 0 Å². The Labute approximate surface area is 147 Å². The largest absolute Gasteiger partial charge is 0.408 e. The second-order valence-electron chi connectivity index (χ2n) is 7.58. The maximum absolute atomic E-state index is 9.07. The van der Waals surface area contributed by atoms with Crippen molar-refractivity contribution in [2.45, 2.75) is 70.2 Å². The van der Waals surface area contributed by atoms with Crippen molar-refractivity contribution in [1.29, 1.82) is 0 Å². The van der Waals surface area contributed by atoms with Gasteiger partial charge in [0.2, 0.25) is 0 Å². The summed E-state index contributed by atoms with van der Waals surface area (Å²) in [5.74, 6) is 0. The van der Waals surface area contributed by atoms with Crippen LogP contribution in [-0.4, -0.2) is 58.3 Å². The van der Waals surface area contributed by atoms with Crippen LogP contribution in [0.3, 0.4) is 0 Å². The molecule has 4 atom stereocenters. The van der Waals surface area contributed by atoms with Gasteiger partial charge in [0, 0.05) is 7.11 Å². The third kappa shape index (κ3) is 5.51. The first-order valence-electron chi connectivity index (χ1n) is 8.52. The molecule has 24 heavy (non-hydrogen) atoms. The van der Waals surface area contributed by atoms with Crippen LogP contribution in [-0.2, 0) is 18.6 Å². The molecule has 1 N–H and O–H groups in total. The van der Waals surface area contributed by atoms with Gasteiger partial charge in [-0.1, -0.05) is 45.1 Å². The van der Waals surface area contributed by atoms with Gasteiger partial charge in [0.25, 0.3) is 0 Å². The number of methoxy groups -OCH3 is 1. The molecule has 140 valence electrons. The van der Waals surface area contributed by atoms with Crippen molar-refractivity contribution in [2.75, 3.05) is 20.5 Å². The van der Waals surface area contributed by atoms with Crippen molar-refractivity contribution in [2.24, 2.45) is 0 Å². The fourth-order valence-corrected chi connectivity index (χ4v) is 3.69. The molecule has 1 aliphatic heterocycles. The number of ether oxygens (including phenoxy) is 3. The molecule has 5 nitrogen and oxygen atoms in total. The van der Waals surface area contributed by atoms with Gasteiger partial charge in [0.15, 0.2) is 8.32 Å². The van der Waals surface area contributed by atoms with Crippen LogP contribution in [0.1, 0.15) is 27.7 Å². The molecular formula is C18H34O5Si. The lowest BCUT2D eigenvalue weighted by Crippen LogP contribution is -2.49. The Kier molecular flexibility index (Phi) is 8.32. The quantitative estimate of drug-likeness (QED) is 0.410. The smallest absolute Gasteiger partial charge is 0.192 e. The second kappa shape index (κ2) is 9.27. The molecule has 0 bridgehead atoms. The molecule has 0 aromatic heterocycles. The molecule has 0 aliphatic carbocycles. The van der Waals surface area contributed by atoms with Crippen molar-refractivity contribution >= 4 is 8.32 Å². The molecule has 0 aromatic carbocycles. The van der Waals surface area contributed by atoms with Gasteiger partial charge < -0.3 is 23.7 Å². The molecule has 0 aromatic rings. The summed E-state index contributed by atoms with van der Waals surface area (Å²) in [4.78, 5) is 0. The summed E-state index contributed by atoms with van der Waals surface area (Å²) in [6.45, 7) is 13.2. The van der Waals surface area contributed by atoms with Crippen LogP contribution in [0.2, 0.25) is 18.1 Å². The highest BCUT2D eigenvalue weighted by Crippen LogP contribution is 2.40. The zero-order valence-electron chi connectivity index (χ0n) is 16.1. The van der Waals surface area contributed by atoms with E-state index in [1.165, 1.54) is 0 Å². The average Bonchev–Trinajstić information content (AvgIpc) is 2.79. The van der Waals surface area contributed by atoms with Crippen LogP contribution >= 0.6 is 0 Å². The third-order valence-corrected chi connectivity index (χ3v) is 9.19. The Morgan fingerprint density at radius 3 is 2.25 bits per heavy atom. The molecule has 1 fully saturated rings. The van der Waals surface area contributed by atoms with Crippen LogP contribution in [0.25, 0.3) is 0 Å². The monoisotopic (exact) mass is 358 g/mol. The fraction of sp³-hybridized carbons (Fsp3) is 0.778. The average molecular weight is 359 g/mol. The highest BCUT2D eigenvalue weighted by Gasteiger charge is 2.49. The Balaban J connectivity index is 3.08. The Morgan fingerprint density at radius 2 is 1.75 bits per heavy atom. The van der Waals surface area contributed by atoms with E-state index in [0.717, 1.165) is 0 Å². The lowest BCUT2D eigenvalue weighted by molar-refractivity contribution is -0.105. The van der Waals surface area contributed by atoms with Gasteiger partial charge >= 0.3 is 0 Å². The van der Waals surface area contributed by atoms with Crippen molar-refractivity contribution in [3.8, 4) is 0 Å². The van der Waals surface area contributed by atoms with E-state index in [1.807, 2.05) is 25.2 Å². The SMILES string of the molecule is C/C=C/[C@H]1O[C@@H](/C=C/CO)[C@H](OCOC)[C@H]1O[Si](C)(C)C(C)(C)C. The van der Waals surface area contributed by atoms with Crippen molar-refractivity contribution in [1.82, 2.24) is 0 Å². The van der Waals surface area contributed by atoms with Crippen molar-refractivity contribution in [3.05, 3.63) is 24.3 Å². The molecule has 1 saturated heterocycles. The topological polar surface area (TPSA) is 57.2 Å². The van der Waals surface area contributed by atoms with Gasteiger partial charge in [-0.25, -0.2) is 0 Å². The summed E-state index contributed by atoms with van der Waals surface area (Å²) in [5.41, 5.74) is 0. The first-order valence-corrected chi connectivity index (χ1v) is 11.4. The molecule has 0 amide bonds. The van der Waals surface area contributed by atoms with Crippen LogP contribution in [0.5, 0.6) is 0 Å². The lowest BCUT2D eigenvalue weighted by Gasteiger charge is -2.40. The summed E-state index contributed by atoms with van der Waals surface area (Å²) in [7, 11) is -0.392. The normalized spacial score (nSPS) is 29.2. The van der Waals surface area contributed by atoms with Crippen LogP contribution in [0.4, 0.5) is 0 Å². The van der Waals surface area contributed by atoms with Gasteiger partial charge in [-0.05, 0) is 25.1 Å². The van der Waals surface area contributed by atoms with Gasteiger partial charge in [-0.3, -0.25) is 0 Å². The molecule has 0 unspecified atom stereocenters. The molecular weight excluding hydrogens is 324 g/mol. The highest BCUT2D eigenvalue weighted by molar-refractivity contribution is 6.74. The van der Waals surface area contributed by atoms with Gasteiger partial charge in [-0.15, -0.1) is 0 Å². The molecule has 1 aliphatic rings. The minimum absolute atomic E-state index is 0.0289. The molecule has 1 heterocycles. The third-order valence-electron chi connectivity index (χ3n) is 4.71. The summed E-state index contributed by atoms with van der Waals surface area (Å²) in [6.07, 6.45) is 6.56. The van der Waals surface area contributed by atoms with E-state index in [9.17, 15) is 0 Å². The first-order chi connectivity index (χ1) is 11.2. The van der Waals surface area contributed by atoms with Gasteiger partial charge in [-0.2, -0.15) is 0 Å². The summed E-state index contributed by atoms with van der Waals surface area (Å²) >= 11 is 0. The minimum atomic E-state index is -1.99. The Morgan fingerprint density at radius 1 is 1.12 bits per heavy atom. The number of hydrogen-bond donors (Lipinski definition) is 1. The van der Waals surface area contributed by atoms with E-state index < -0.39 is 8.32 Å². The number of hydrogen-bond acceptors (Lipinski definition) is 5. The standard InChI is InChI=1S/C18H34O5Si/c1-8-10-14-17(23-24(6,7)18(2,3)4)16(21-13-20-5)15(22-14)11-9-12-19/h8-11,14-17,19H,12-13H2,1-7H3/b10-8+,11-9+/t14-,15+,16+,17+/m1/s1. The van der Waals surface area contributed by atoms with E-state index in [0.29, 0.717) is 0 Å². The van der Waals surface area contributed by atoms with E-state index in [1.54, 1.807) is 13.2 Å². The number of aliphatic hydroxyl groups excluding tert-OH is 1. The summed E-state index contributed by atoms with van der Waals surface area (Å²) in [6, 6.07) is 0. The second-order valence-corrected chi connectivity index (χ2v) is 12.3. The number of allylic oxidation sites excluding steroid dienone is 1. The van der Waals surface area contributed by atoms with Crippen molar-refractivity contribution in [3.63, 3.8) is 0 Å². The Bertz CT molecular complexity index is 428. The lowest BCUT2D eigenvalue weighted by atomic mass is 10.1. The highest BCUT2D eigenvalue weighted by atomic mass is 28.4. The fourth-order valence-electron chi connectivity index (χ4n) is 2.39. The molecule has 6 heteroatoms. The zero-order chi connectivity index (χ0) is 18.4. The summed E-state index contributed by atoms with van der Waals surface area (Å²) < 4.78 is 23.7. The van der Waals surface area contributed by atoms with Gasteiger partial charge in [0.05, 0.1) is 6.61 Å². The predicted molar refractivity (Wildman–Crippen MR) is 98.5 cm³/mol. The summed E-state index contributed by atoms with van der Waals surface area (Å²) in [5, 5.41) is 9.17. The molecule has 0 saturated carbocycles. The maximum Gasteiger partial charge on any atom is 0.192 e. The van der Waals surface area contributed by atoms with Crippen LogP contribution in [0, 0.1) is 0 Å². The van der Waals surface area contributed by atoms with E-state index in [2.05, 4.69) is 33.9 Å². The van der Waals surface area contributed by atoms with Gasteiger partial charge in [0.1, 0.15) is 31.2 Å². The zero-order valence-corrected chi connectivity index (χ0v) is 17.1. The van der Waals surface area contributed by atoms with Crippen LogP contribution in [0.15, 0.2) is 24.3 Å². The predicted octanol–water partition coefficient (Wildman–Crippen LogP) is 3.26. The van der Waals surface area contributed by atoms with Crippen LogP contribution < -0.4 is 0 Å². The van der Waals surface area contributed by atoms with Crippen molar-refractivity contribution < 1.29 is 23.7 Å². The molecule has 1 rings (SSSR count). The first kappa shape index (κ1) is 21.5. The Hall–Kier alpha value is -0.503. The molecule has 0 radical (unpaired) electrons. The minimum Gasteiger partial charge on any atom is -0.408 e.